The summed E-state index contributed by atoms with van der Waals surface area (Å²) in [6.45, 7) is 8.86. The second-order valence-corrected chi connectivity index (χ2v) is 14.9. The molecule has 0 aliphatic carbocycles. The van der Waals surface area contributed by atoms with E-state index in [-0.39, 0.29) is 29.6 Å². The number of hydrogen-bond acceptors (Lipinski definition) is 12. The van der Waals surface area contributed by atoms with Crippen LogP contribution >= 0.6 is 0 Å². The molecule has 13 nitrogen and oxygen atoms in total. The number of ether oxygens (including phenoxy) is 7. The van der Waals surface area contributed by atoms with Crippen molar-refractivity contribution < 1.29 is 46.7 Å². The molecule has 0 bridgehead atoms. The number of nitrogens with zero attached hydrogens (tertiary/aromatic N) is 2. The summed E-state index contributed by atoms with van der Waals surface area (Å²) >= 11 is 0. The number of sulfonamides is 1. The molecule has 54 heavy (non-hydrogen) atoms. The van der Waals surface area contributed by atoms with Gasteiger partial charge in [-0.1, -0.05) is 61.5 Å². The largest absolute Gasteiger partial charge is 0.392 e. The number of aliphatic hydroxyl groups is 1. The van der Waals surface area contributed by atoms with E-state index < -0.39 is 16.3 Å². The topological polar surface area (TPSA) is 147 Å². The van der Waals surface area contributed by atoms with Crippen molar-refractivity contribution in [2.45, 2.75) is 36.9 Å². The van der Waals surface area contributed by atoms with E-state index in [1.54, 1.807) is 42.6 Å². The highest BCUT2D eigenvalue weighted by atomic mass is 32.2. The van der Waals surface area contributed by atoms with E-state index in [1.165, 1.54) is 0 Å². The fraction of sp³-hybridized carbons (Fsp3) is 0.475. The number of fused-ring (bicyclic) bond motifs is 1. The summed E-state index contributed by atoms with van der Waals surface area (Å²) in [4.78, 5) is 6.70. The van der Waals surface area contributed by atoms with Crippen LogP contribution < -0.4 is 4.72 Å². The Hall–Kier alpha value is -3.54. The predicted molar refractivity (Wildman–Crippen MR) is 202 cm³/mol. The van der Waals surface area contributed by atoms with Gasteiger partial charge in [0.15, 0.2) is 6.29 Å². The molecule has 292 valence electrons. The Labute approximate surface area is 317 Å². The first-order chi connectivity index (χ1) is 26.4. The summed E-state index contributed by atoms with van der Waals surface area (Å²) in [5.41, 5.74) is 3.19. The van der Waals surface area contributed by atoms with Gasteiger partial charge in [0.25, 0.3) is 10.0 Å². The van der Waals surface area contributed by atoms with Gasteiger partial charge in [-0.2, -0.15) is 0 Å². The van der Waals surface area contributed by atoms with Crippen LogP contribution in [0.2, 0.25) is 0 Å². The first-order valence-electron chi connectivity index (χ1n) is 18.5. The molecule has 0 radical (unpaired) electrons. The second-order valence-electron chi connectivity index (χ2n) is 13.2. The standard InChI is InChI=1S/C40H51N3O10S/c1-30-36(28-43-15-17-47-19-21-49-23-25-51-26-24-50-22-20-48-18-16-43)52-40(53-39(30)33-12-10-31(29-44)11-13-33)34-6-2-8-35(27-34)42-54(45,46)37-9-3-5-32-7-4-14-41-38(32)37/h2-14,27,30,36,39-40,42,44H,15-26,28-29H2,1H3/t30-,36+,39+,40?/m0/s1. The molecule has 1 unspecified atom stereocenters. The van der Waals surface area contributed by atoms with E-state index in [2.05, 4.69) is 21.5 Å². The molecule has 0 spiro atoms. The predicted octanol–water partition coefficient (Wildman–Crippen LogP) is 4.72. The normalized spacial score (nSPS) is 23.7. The van der Waals surface area contributed by atoms with Crippen LogP contribution in [0.1, 0.15) is 36.0 Å². The van der Waals surface area contributed by atoms with Gasteiger partial charge < -0.3 is 38.3 Å². The lowest BCUT2D eigenvalue weighted by Crippen LogP contribution is -2.46. The van der Waals surface area contributed by atoms with Gasteiger partial charge >= 0.3 is 0 Å². The van der Waals surface area contributed by atoms with Gasteiger partial charge in [-0.15, -0.1) is 0 Å². The Morgan fingerprint density at radius 2 is 1.35 bits per heavy atom. The molecule has 6 rings (SSSR count). The number of anilines is 1. The fourth-order valence-electron chi connectivity index (χ4n) is 6.50. The van der Waals surface area contributed by atoms with Gasteiger partial charge in [0.05, 0.1) is 90.4 Å². The molecule has 1 aromatic heterocycles. The molecule has 14 heteroatoms. The zero-order valence-corrected chi connectivity index (χ0v) is 31.5. The van der Waals surface area contributed by atoms with Crippen LogP contribution in [-0.4, -0.2) is 115 Å². The minimum atomic E-state index is -3.98. The van der Waals surface area contributed by atoms with Crippen LogP contribution in [0.5, 0.6) is 0 Å². The van der Waals surface area contributed by atoms with E-state index in [0.29, 0.717) is 102 Å². The lowest BCUT2D eigenvalue weighted by Gasteiger charge is -2.43. The Bertz CT molecular complexity index is 1820. The molecule has 0 saturated carbocycles. The molecular weight excluding hydrogens is 715 g/mol. The lowest BCUT2D eigenvalue weighted by molar-refractivity contribution is -0.276. The molecule has 2 aliphatic rings. The van der Waals surface area contributed by atoms with Gasteiger partial charge in [-0.25, -0.2) is 8.42 Å². The van der Waals surface area contributed by atoms with Crippen molar-refractivity contribution >= 4 is 26.6 Å². The Balaban J connectivity index is 1.21. The quantitative estimate of drug-likeness (QED) is 0.256. The number of nitrogens with one attached hydrogen (secondary N) is 1. The highest BCUT2D eigenvalue weighted by molar-refractivity contribution is 7.93. The maximum absolute atomic E-state index is 13.7. The first kappa shape index (κ1) is 40.1. The molecule has 2 fully saturated rings. The van der Waals surface area contributed by atoms with Gasteiger partial charge in [-0.05, 0) is 35.4 Å². The number of aromatic nitrogens is 1. The average Bonchev–Trinajstić information content (AvgIpc) is 3.19. The number of benzene rings is 3. The fourth-order valence-corrected chi connectivity index (χ4v) is 7.73. The Kier molecular flexibility index (Phi) is 15.2. The summed E-state index contributed by atoms with van der Waals surface area (Å²) in [5.74, 6) is -0.0688. The average molecular weight is 766 g/mol. The monoisotopic (exact) mass is 765 g/mol. The highest BCUT2D eigenvalue weighted by Crippen LogP contribution is 2.42. The number of hydrogen-bond donors (Lipinski definition) is 2. The summed E-state index contributed by atoms with van der Waals surface area (Å²) in [6.07, 6.45) is 0.146. The third-order valence-electron chi connectivity index (χ3n) is 9.45. The zero-order chi connectivity index (χ0) is 37.6. The number of pyridine rings is 1. The molecule has 3 heterocycles. The third-order valence-corrected chi connectivity index (χ3v) is 10.9. The number of para-hydroxylation sites is 1. The second kappa shape index (κ2) is 20.4. The van der Waals surface area contributed by atoms with E-state index in [0.717, 1.165) is 16.5 Å². The van der Waals surface area contributed by atoms with Gasteiger partial charge in [-0.3, -0.25) is 14.6 Å². The van der Waals surface area contributed by atoms with Crippen molar-refractivity contribution in [1.29, 1.82) is 0 Å². The third kappa shape index (κ3) is 11.3. The number of rotatable bonds is 8. The van der Waals surface area contributed by atoms with Crippen LogP contribution in [-0.2, 0) is 49.8 Å². The summed E-state index contributed by atoms with van der Waals surface area (Å²) in [7, 11) is -3.98. The van der Waals surface area contributed by atoms with Crippen LogP contribution in [0, 0.1) is 5.92 Å². The Morgan fingerprint density at radius 3 is 2.00 bits per heavy atom. The minimum Gasteiger partial charge on any atom is -0.392 e. The van der Waals surface area contributed by atoms with E-state index in [1.807, 2.05) is 42.5 Å². The molecule has 2 saturated heterocycles. The maximum atomic E-state index is 13.7. The van der Waals surface area contributed by atoms with Crippen LogP contribution in [0.15, 0.2) is 90.0 Å². The summed E-state index contributed by atoms with van der Waals surface area (Å²) < 4.78 is 72.1. The van der Waals surface area contributed by atoms with Crippen molar-refractivity contribution in [3.05, 3.63) is 102 Å². The SMILES string of the molecule is C[C@H]1[C@@H](CN2CCOCCOCCOCCOCCOCC2)OC(c2cccc(NS(=O)(=O)c3cccc4cccnc34)c2)O[C@H]1c1ccc(CO)cc1. The molecular formula is C40H51N3O10S. The van der Waals surface area contributed by atoms with Crippen molar-refractivity contribution in [3.63, 3.8) is 0 Å². The first-order valence-corrected chi connectivity index (χ1v) is 20.0. The van der Waals surface area contributed by atoms with Gasteiger partial charge in [0.2, 0.25) is 0 Å². The van der Waals surface area contributed by atoms with Gasteiger partial charge in [0.1, 0.15) is 4.90 Å². The highest BCUT2D eigenvalue weighted by Gasteiger charge is 2.39. The van der Waals surface area contributed by atoms with Crippen LogP contribution in [0.4, 0.5) is 5.69 Å². The molecule has 3 aromatic carbocycles. The van der Waals surface area contributed by atoms with Crippen LogP contribution in [0.3, 0.4) is 0 Å². The minimum absolute atomic E-state index is 0.0565. The molecule has 2 aliphatic heterocycles. The van der Waals surface area contributed by atoms with Crippen molar-refractivity contribution in [3.8, 4) is 0 Å². The summed E-state index contributed by atoms with van der Waals surface area (Å²) in [5, 5.41) is 10.4. The van der Waals surface area contributed by atoms with Crippen molar-refractivity contribution in [2.75, 3.05) is 90.4 Å². The molecule has 2 N–H and O–H groups in total. The smallest absolute Gasteiger partial charge is 0.264 e. The summed E-state index contributed by atoms with van der Waals surface area (Å²) in [6, 6.07) is 23.5. The van der Waals surface area contributed by atoms with Crippen LogP contribution in [0.25, 0.3) is 10.9 Å². The lowest BCUT2D eigenvalue weighted by atomic mass is 9.90. The number of aliphatic hydroxyl groups excluding tert-OH is 1. The van der Waals surface area contributed by atoms with E-state index >= 15 is 0 Å². The van der Waals surface area contributed by atoms with E-state index in [4.69, 9.17) is 33.2 Å². The molecule has 4 aromatic rings. The van der Waals surface area contributed by atoms with Gasteiger partial charge in [0, 0.05) is 48.4 Å². The zero-order valence-electron chi connectivity index (χ0n) is 30.7. The molecule has 0 amide bonds. The van der Waals surface area contributed by atoms with Crippen molar-refractivity contribution in [1.82, 2.24) is 9.88 Å². The van der Waals surface area contributed by atoms with Crippen molar-refractivity contribution in [2.24, 2.45) is 5.92 Å². The maximum Gasteiger partial charge on any atom is 0.264 e. The molecule has 4 atom stereocenters. The van der Waals surface area contributed by atoms with E-state index in [9.17, 15) is 13.5 Å². The Morgan fingerprint density at radius 1 is 0.741 bits per heavy atom.